The molecular formula is C19H21NO2S. The first-order chi connectivity index (χ1) is 11.0. The molecule has 0 radical (unpaired) electrons. The Morgan fingerprint density at radius 1 is 1.17 bits per heavy atom. The predicted molar refractivity (Wildman–Crippen MR) is 95.7 cm³/mol. The molecule has 0 amide bonds. The summed E-state index contributed by atoms with van der Waals surface area (Å²) in [5.41, 5.74) is 2.86. The fourth-order valence-corrected chi connectivity index (χ4v) is 3.10. The average Bonchev–Trinajstić information content (AvgIpc) is 2.89. The summed E-state index contributed by atoms with van der Waals surface area (Å²) in [7, 11) is 0. The highest BCUT2D eigenvalue weighted by Gasteiger charge is 2.28. The smallest absolute Gasteiger partial charge is 0.217 e. The summed E-state index contributed by atoms with van der Waals surface area (Å²) in [5.74, 6) is 1.02. The van der Waals surface area contributed by atoms with E-state index in [4.69, 9.17) is 9.73 Å². The van der Waals surface area contributed by atoms with E-state index in [0.29, 0.717) is 24.7 Å². The van der Waals surface area contributed by atoms with Crippen LogP contribution in [0.4, 0.5) is 0 Å². The lowest BCUT2D eigenvalue weighted by atomic mass is 9.99. The monoisotopic (exact) mass is 327 g/mol. The zero-order chi connectivity index (χ0) is 16.4. The van der Waals surface area contributed by atoms with Crippen molar-refractivity contribution in [1.29, 1.82) is 0 Å². The number of rotatable bonds is 4. The Bertz CT molecular complexity index is 753. The van der Waals surface area contributed by atoms with Gasteiger partial charge in [0, 0.05) is 16.9 Å². The zero-order valence-corrected chi connectivity index (χ0v) is 14.5. The van der Waals surface area contributed by atoms with Gasteiger partial charge in [-0.25, -0.2) is 4.99 Å². The standard InChI is InChI=1S/C19H21NO2S/c1-19(2)12-22-18(20-19)16-9-8-15(23-3)11-14(16)10-13-6-4-5-7-17(13)21/h4-9,11,21H,10,12H2,1-3H3. The lowest BCUT2D eigenvalue weighted by Gasteiger charge is -2.12. The summed E-state index contributed by atoms with van der Waals surface area (Å²) in [6.45, 7) is 4.74. The van der Waals surface area contributed by atoms with Gasteiger partial charge in [0.1, 0.15) is 12.4 Å². The first kappa shape index (κ1) is 15.9. The van der Waals surface area contributed by atoms with Crippen LogP contribution in [-0.2, 0) is 11.2 Å². The van der Waals surface area contributed by atoms with Crippen molar-refractivity contribution in [2.75, 3.05) is 12.9 Å². The number of phenolic OH excluding ortho intramolecular Hbond substituents is 1. The van der Waals surface area contributed by atoms with Gasteiger partial charge in [0.25, 0.3) is 0 Å². The van der Waals surface area contributed by atoms with E-state index in [0.717, 1.165) is 16.7 Å². The van der Waals surface area contributed by atoms with Crippen LogP contribution in [0.3, 0.4) is 0 Å². The molecule has 3 rings (SSSR count). The maximum atomic E-state index is 10.1. The fraction of sp³-hybridized carbons (Fsp3) is 0.316. The second-order valence-corrected chi connectivity index (χ2v) is 7.23. The third-order valence-corrected chi connectivity index (χ3v) is 4.61. The van der Waals surface area contributed by atoms with Crippen molar-refractivity contribution in [2.24, 2.45) is 4.99 Å². The Morgan fingerprint density at radius 3 is 2.61 bits per heavy atom. The van der Waals surface area contributed by atoms with Gasteiger partial charge < -0.3 is 9.84 Å². The number of nitrogens with zero attached hydrogens (tertiary/aromatic N) is 1. The van der Waals surface area contributed by atoms with Crippen molar-refractivity contribution in [1.82, 2.24) is 0 Å². The molecule has 0 bridgehead atoms. The van der Waals surface area contributed by atoms with Crippen LogP contribution in [-0.4, -0.2) is 29.4 Å². The molecule has 0 saturated heterocycles. The largest absolute Gasteiger partial charge is 0.508 e. The summed E-state index contributed by atoms with van der Waals surface area (Å²) >= 11 is 1.71. The van der Waals surface area contributed by atoms with Gasteiger partial charge in [-0.1, -0.05) is 18.2 Å². The molecule has 0 aliphatic carbocycles. The van der Waals surface area contributed by atoms with Gasteiger partial charge in [-0.3, -0.25) is 0 Å². The van der Waals surface area contributed by atoms with Crippen LogP contribution in [0.2, 0.25) is 0 Å². The Morgan fingerprint density at radius 2 is 1.96 bits per heavy atom. The minimum absolute atomic E-state index is 0.181. The van der Waals surface area contributed by atoms with Crippen molar-refractivity contribution in [3.63, 3.8) is 0 Å². The van der Waals surface area contributed by atoms with Gasteiger partial charge in [-0.2, -0.15) is 0 Å². The third-order valence-electron chi connectivity index (χ3n) is 3.88. The highest BCUT2D eigenvalue weighted by molar-refractivity contribution is 7.98. The maximum absolute atomic E-state index is 10.1. The molecule has 1 aliphatic heterocycles. The van der Waals surface area contributed by atoms with Crippen molar-refractivity contribution in [3.05, 3.63) is 59.2 Å². The van der Waals surface area contributed by atoms with E-state index in [1.807, 2.05) is 18.2 Å². The first-order valence-corrected chi connectivity index (χ1v) is 8.88. The average molecular weight is 327 g/mol. The molecule has 1 heterocycles. The molecule has 0 spiro atoms. The van der Waals surface area contributed by atoms with Crippen LogP contribution in [0.15, 0.2) is 52.4 Å². The normalized spacial score (nSPS) is 16.0. The van der Waals surface area contributed by atoms with E-state index in [1.165, 1.54) is 4.90 Å². The number of hydrogen-bond donors (Lipinski definition) is 1. The molecule has 2 aromatic rings. The van der Waals surface area contributed by atoms with Crippen molar-refractivity contribution in [3.8, 4) is 5.75 Å². The van der Waals surface area contributed by atoms with E-state index in [-0.39, 0.29) is 5.54 Å². The van der Waals surface area contributed by atoms with Crippen LogP contribution in [0, 0.1) is 0 Å². The number of para-hydroxylation sites is 1. The van der Waals surface area contributed by atoms with Gasteiger partial charge in [0.05, 0.1) is 5.54 Å². The Balaban J connectivity index is 2.02. The lowest BCUT2D eigenvalue weighted by molar-refractivity contribution is 0.279. The van der Waals surface area contributed by atoms with Crippen LogP contribution >= 0.6 is 11.8 Å². The van der Waals surface area contributed by atoms with Gasteiger partial charge in [-0.15, -0.1) is 11.8 Å². The molecule has 23 heavy (non-hydrogen) atoms. The fourth-order valence-electron chi connectivity index (χ4n) is 2.64. The minimum atomic E-state index is -0.181. The first-order valence-electron chi connectivity index (χ1n) is 7.65. The van der Waals surface area contributed by atoms with Gasteiger partial charge in [-0.05, 0) is 55.5 Å². The molecule has 0 unspecified atom stereocenters. The Hall–Kier alpha value is -1.94. The van der Waals surface area contributed by atoms with E-state index in [1.54, 1.807) is 17.8 Å². The van der Waals surface area contributed by atoms with E-state index in [2.05, 4.69) is 38.3 Å². The number of thioether (sulfide) groups is 1. The van der Waals surface area contributed by atoms with E-state index < -0.39 is 0 Å². The van der Waals surface area contributed by atoms with Gasteiger partial charge in [0.2, 0.25) is 5.90 Å². The minimum Gasteiger partial charge on any atom is -0.508 e. The number of aliphatic imine (C=N–C) groups is 1. The molecule has 120 valence electrons. The summed E-state index contributed by atoms with van der Waals surface area (Å²) in [5, 5.41) is 10.1. The second-order valence-electron chi connectivity index (χ2n) is 6.35. The lowest BCUT2D eigenvalue weighted by Crippen LogP contribution is -2.17. The highest BCUT2D eigenvalue weighted by Crippen LogP contribution is 2.28. The molecule has 1 aliphatic rings. The highest BCUT2D eigenvalue weighted by atomic mass is 32.2. The van der Waals surface area contributed by atoms with E-state index in [9.17, 15) is 5.11 Å². The number of aromatic hydroxyl groups is 1. The molecule has 4 heteroatoms. The molecule has 2 aromatic carbocycles. The second kappa shape index (κ2) is 6.28. The van der Waals surface area contributed by atoms with E-state index >= 15 is 0 Å². The summed E-state index contributed by atoms with van der Waals surface area (Å²) in [4.78, 5) is 5.89. The number of phenols is 1. The molecule has 3 nitrogen and oxygen atoms in total. The number of benzene rings is 2. The van der Waals surface area contributed by atoms with Crippen LogP contribution in [0.1, 0.15) is 30.5 Å². The van der Waals surface area contributed by atoms with Crippen LogP contribution in [0.5, 0.6) is 5.75 Å². The topological polar surface area (TPSA) is 41.8 Å². The molecule has 0 aromatic heterocycles. The molecule has 0 saturated carbocycles. The molecule has 0 fully saturated rings. The van der Waals surface area contributed by atoms with Crippen LogP contribution in [0.25, 0.3) is 0 Å². The summed E-state index contributed by atoms with van der Waals surface area (Å²) in [6, 6.07) is 13.8. The predicted octanol–water partition coefficient (Wildman–Crippen LogP) is 4.26. The van der Waals surface area contributed by atoms with Crippen molar-refractivity contribution >= 4 is 17.7 Å². The number of ether oxygens (including phenoxy) is 1. The third kappa shape index (κ3) is 3.53. The van der Waals surface area contributed by atoms with Crippen LogP contribution < -0.4 is 0 Å². The van der Waals surface area contributed by atoms with Crippen molar-refractivity contribution < 1.29 is 9.84 Å². The van der Waals surface area contributed by atoms with Gasteiger partial charge >= 0.3 is 0 Å². The molecule has 0 atom stereocenters. The zero-order valence-electron chi connectivity index (χ0n) is 13.7. The Labute approximate surface area is 141 Å². The maximum Gasteiger partial charge on any atom is 0.217 e. The molecular weight excluding hydrogens is 306 g/mol. The Kier molecular flexibility index (Phi) is 4.35. The molecule has 1 N–H and O–H groups in total. The summed E-state index contributed by atoms with van der Waals surface area (Å²) < 4.78 is 5.82. The SMILES string of the molecule is CSc1ccc(C2=NC(C)(C)CO2)c(Cc2ccccc2O)c1. The number of hydrogen-bond acceptors (Lipinski definition) is 4. The quantitative estimate of drug-likeness (QED) is 0.853. The summed E-state index contributed by atoms with van der Waals surface area (Å²) in [6.07, 6.45) is 2.71. The van der Waals surface area contributed by atoms with Crippen molar-refractivity contribution in [2.45, 2.75) is 30.7 Å². The van der Waals surface area contributed by atoms with Gasteiger partial charge in [0.15, 0.2) is 0 Å².